The van der Waals surface area contributed by atoms with Crippen LogP contribution in [0.3, 0.4) is 0 Å². The van der Waals surface area contributed by atoms with E-state index >= 15 is 0 Å². The summed E-state index contributed by atoms with van der Waals surface area (Å²) in [6.45, 7) is 4.11. The maximum Gasteiger partial charge on any atom is 0.176 e. The van der Waals surface area contributed by atoms with Crippen LogP contribution in [0.1, 0.15) is 16.7 Å². The zero-order chi connectivity index (χ0) is 15.4. The van der Waals surface area contributed by atoms with Gasteiger partial charge >= 0.3 is 0 Å². The minimum absolute atomic E-state index is 0.0709. The zero-order valence-electron chi connectivity index (χ0n) is 12.1. The fraction of sp³-hybridized carbons (Fsp3) is 0.188. The lowest BCUT2D eigenvalue weighted by Gasteiger charge is -2.06. The number of nitrogens with one attached hydrogen (secondary N) is 1. The average molecular weight is 305 g/mol. The first-order valence-electron chi connectivity index (χ1n) is 6.44. The van der Waals surface area contributed by atoms with Gasteiger partial charge in [0.2, 0.25) is 0 Å². The topological polar surface area (TPSA) is 53.8 Å². The molecule has 0 heterocycles. The molecule has 0 aliphatic carbocycles. The molecular weight excluding hydrogens is 288 g/mol. The molecule has 0 bridgehead atoms. The molecule has 0 aliphatic heterocycles. The summed E-state index contributed by atoms with van der Waals surface area (Å²) in [7, 11) is 1.47. The number of rotatable bonds is 4. The Bertz CT molecular complexity index is 684. The van der Waals surface area contributed by atoms with Gasteiger partial charge in [0, 0.05) is 0 Å². The number of nitrogens with zero attached hydrogens (tertiary/aromatic N) is 1. The molecule has 0 radical (unpaired) electrons. The quantitative estimate of drug-likeness (QED) is 0.660. The van der Waals surface area contributed by atoms with Crippen molar-refractivity contribution in [1.29, 1.82) is 0 Å². The van der Waals surface area contributed by atoms with Gasteiger partial charge in [0.25, 0.3) is 0 Å². The van der Waals surface area contributed by atoms with Crippen molar-refractivity contribution in [2.45, 2.75) is 13.8 Å². The molecule has 0 saturated carbocycles. The summed E-state index contributed by atoms with van der Waals surface area (Å²) in [6.07, 6.45) is 1.61. The van der Waals surface area contributed by atoms with E-state index in [1.54, 1.807) is 18.3 Å². The van der Waals surface area contributed by atoms with Crippen molar-refractivity contribution < 1.29 is 9.84 Å². The summed E-state index contributed by atoms with van der Waals surface area (Å²) in [4.78, 5) is 0. The zero-order valence-corrected chi connectivity index (χ0v) is 12.9. The van der Waals surface area contributed by atoms with Crippen molar-refractivity contribution in [3.63, 3.8) is 0 Å². The van der Waals surface area contributed by atoms with Gasteiger partial charge < -0.3 is 9.84 Å². The van der Waals surface area contributed by atoms with Crippen LogP contribution in [0, 0.1) is 13.8 Å². The Balaban J connectivity index is 2.14. The smallest absolute Gasteiger partial charge is 0.176 e. The largest absolute Gasteiger partial charge is 0.503 e. The fourth-order valence-corrected chi connectivity index (χ4v) is 2.04. The van der Waals surface area contributed by atoms with Crippen LogP contribution in [0.15, 0.2) is 35.4 Å². The summed E-state index contributed by atoms with van der Waals surface area (Å²) in [5, 5.41) is 14.0. The molecule has 0 saturated heterocycles. The highest BCUT2D eigenvalue weighted by Crippen LogP contribution is 2.34. The second kappa shape index (κ2) is 6.50. The van der Waals surface area contributed by atoms with E-state index in [1.165, 1.54) is 18.2 Å². The summed E-state index contributed by atoms with van der Waals surface area (Å²) < 4.78 is 5.04. The Kier molecular flexibility index (Phi) is 4.70. The Morgan fingerprint density at radius 1 is 1.19 bits per heavy atom. The van der Waals surface area contributed by atoms with Crippen LogP contribution >= 0.6 is 11.6 Å². The molecule has 2 aromatic carbocycles. The first kappa shape index (κ1) is 15.2. The summed E-state index contributed by atoms with van der Waals surface area (Å²) in [5.41, 5.74) is 7.03. The molecular formula is C16H17ClN2O2. The van der Waals surface area contributed by atoms with Crippen molar-refractivity contribution in [2.24, 2.45) is 5.10 Å². The van der Waals surface area contributed by atoms with E-state index in [0.717, 1.165) is 11.3 Å². The first-order valence-corrected chi connectivity index (χ1v) is 6.82. The van der Waals surface area contributed by atoms with Gasteiger partial charge in [-0.25, -0.2) is 0 Å². The molecule has 0 aliphatic rings. The van der Waals surface area contributed by atoms with Crippen LogP contribution in [0.25, 0.3) is 0 Å². The lowest BCUT2D eigenvalue weighted by atomic mass is 10.1. The molecule has 4 nitrogen and oxygen atoms in total. The summed E-state index contributed by atoms with van der Waals surface area (Å²) in [6, 6.07) is 9.30. The van der Waals surface area contributed by atoms with Gasteiger partial charge in [-0.3, -0.25) is 5.43 Å². The van der Waals surface area contributed by atoms with Gasteiger partial charge in [0.15, 0.2) is 11.5 Å². The highest BCUT2D eigenvalue weighted by Gasteiger charge is 2.07. The number of methoxy groups -OCH3 is 1. The van der Waals surface area contributed by atoms with E-state index in [2.05, 4.69) is 24.4 Å². The summed E-state index contributed by atoms with van der Waals surface area (Å²) in [5.74, 6) is 0.244. The van der Waals surface area contributed by atoms with Gasteiger partial charge in [-0.1, -0.05) is 17.7 Å². The normalized spacial score (nSPS) is 10.9. The number of halogens is 1. The standard InChI is InChI=1S/C16H17ClN2O2/c1-10-4-5-13(6-11(10)2)19-18-9-12-7-14(17)16(20)15(8-12)21-3/h4-9,19-20H,1-3H3. The van der Waals surface area contributed by atoms with Crippen molar-refractivity contribution in [3.8, 4) is 11.5 Å². The number of benzene rings is 2. The molecule has 2 aromatic rings. The molecule has 0 fully saturated rings. The van der Waals surface area contributed by atoms with E-state index in [-0.39, 0.29) is 10.8 Å². The Labute approximate surface area is 129 Å². The van der Waals surface area contributed by atoms with Crippen LogP contribution in [0.2, 0.25) is 5.02 Å². The molecule has 110 valence electrons. The number of ether oxygens (including phenoxy) is 1. The maximum absolute atomic E-state index is 9.66. The Hall–Kier alpha value is -2.20. The second-order valence-electron chi connectivity index (χ2n) is 4.72. The van der Waals surface area contributed by atoms with Crippen LogP contribution in [-0.2, 0) is 0 Å². The number of phenolic OH excluding ortho intramolecular Hbond substituents is 1. The van der Waals surface area contributed by atoms with Crippen molar-refractivity contribution in [2.75, 3.05) is 12.5 Å². The van der Waals surface area contributed by atoms with Crippen LogP contribution < -0.4 is 10.2 Å². The van der Waals surface area contributed by atoms with Gasteiger partial charge in [0.1, 0.15) is 0 Å². The third-order valence-electron chi connectivity index (χ3n) is 3.18. The third kappa shape index (κ3) is 3.67. The molecule has 0 amide bonds. The minimum Gasteiger partial charge on any atom is -0.503 e. The van der Waals surface area contributed by atoms with E-state index in [9.17, 15) is 5.11 Å². The minimum atomic E-state index is -0.0709. The number of hydrogen-bond donors (Lipinski definition) is 2. The van der Waals surface area contributed by atoms with E-state index in [4.69, 9.17) is 16.3 Å². The van der Waals surface area contributed by atoms with Crippen molar-refractivity contribution in [1.82, 2.24) is 0 Å². The predicted molar refractivity (Wildman–Crippen MR) is 86.8 cm³/mol. The predicted octanol–water partition coefficient (Wildman–Crippen LogP) is 4.12. The fourth-order valence-electron chi connectivity index (χ4n) is 1.82. The number of anilines is 1. The van der Waals surface area contributed by atoms with E-state index < -0.39 is 0 Å². The van der Waals surface area contributed by atoms with Gasteiger partial charge in [0.05, 0.1) is 24.0 Å². The Morgan fingerprint density at radius 2 is 1.95 bits per heavy atom. The highest BCUT2D eigenvalue weighted by atomic mass is 35.5. The van der Waals surface area contributed by atoms with Crippen LogP contribution in [0.4, 0.5) is 5.69 Å². The van der Waals surface area contributed by atoms with Crippen LogP contribution in [0.5, 0.6) is 11.5 Å². The Morgan fingerprint density at radius 3 is 2.62 bits per heavy atom. The molecule has 0 spiro atoms. The number of aryl methyl sites for hydroxylation is 2. The number of phenols is 1. The molecule has 5 heteroatoms. The maximum atomic E-state index is 9.66. The monoisotopic (exact) mass is 304 g/mol. The molecule has 0 aromatic heterocycles. The SMILES string of the molecule is COc1cc(C=NNc2ccc(C)c(C)c2)cc(Cl)c1O. The molecule has 0 unspecified atom stereocenters. The van der Waals surface area contributed by atoms with Gasteiger partial charge in [-0.15, -0.1) is 0 Å². The lowest BCUT2D eigenvalue weighted by Crippen LogP contribution is -1.93. The third-order valence-corrected chi connectivity index (χ3v) is 3.47. The molecule has 21 heavy (non-hydrogen) atoms. The number of aromatic hydroxyl groups is 1. The second-order valence-corrected chi connectivity index (χ2v) is 5.13. The van der Waals surface area contributed by atoms with Crippen molar-refractivity contribution in [3.05, 3.63) is 52.0 Å². The number of hydrazone groups is 1. The van der Waals surface area contributed by atoms with E-state index in [0.29, 0.717) is 5.75 Å². The number of hydrogen-bond acceptors (Lipinski definition) is 4. The molecule has 2 rings (SSSR count). The van der Waals surface area contributed by atoms with Gasteiger partial charge in [-0.05, 0) is 54.8 Å². The average Bonchev–Trinajstić information content (AvgIpc) is 2.46. The first-order chi connectivity index (χ1) is 10.0. The lowest BCUT2D eigenvalue weighted by molar-refractivity contribution is 0.373. The van der Waals surface area contributed by atoms with Gasteiger partial charge in [-0.2, -0.15) is 5.10 Å². The van der Waals surface area contributed by atoms with E-state index in [1.807, 2.05) is 18.2 Å². The molecule has 0 atom stereocenters. The highest BCUT2D eigenvalue weighted by molar-refractivity contribution is 6.32. The summed E-state index contributed by atoms with van der Waals surface area (Å²) >= 11 is 5.92. The van der Waals surface area contributed by atoms with Crippen LogP contribution in [-0.4, -0.2) is 18.4 Å². The molecule has 2 N–H and O–H groups in total. The van der Waals surface area contributed by atoms with Crippen molar-refractivity contribution >= 4 is 23.5 Å².